The maximum Gasteiger partial charge on any atom is 0.416 e. The number of carbonyl (C=O) groups excluding carboxylic acids is 1. The first-order valence-electron chi connectivity index (χ1n) is 8.58. The van der Waals surface area contributed by atoms with Gasteiger partial charge in [0, 0.05) is 11.7 Å². The summed E-state index contributed by atoms with van der Waals surface area (Å²) in [6.07, 6.45) is -2.41. The molecule has 0 radical (unpaired) electrons. The zero-order valence-corrected chi connectivity index (χ0v) is 14.5. The van der Waals surface area contributed by atoms with E-state index in [4.69, 9.17) is 5.73 Å². The average molecular weight is 362 g/mol. The lowest BCUT2D eigenvalue weighted by atomic mass is 10.0. The summed E-state index contributed by atoms with van der Waals surface area (Å²) in [5.41, 5.74) is 6.93. The Bertz CT molecular complexity index is 782. The van der Waals surface area contributed by atoms with Crippen LogP contribution in [-0.4, -0.2) is 16.8 Å². The molecule has 2 aromatic rings. The number of hydrogen-bond acceptors (Lipinski definition) is 2. The standard InChI is InChI=1S/C20H21F3N2O/c1-13(15-3-2-4-16(12-15)20(21,22)23)25(18-9-10-18)19(26)11-14-5-7-17(24)8-6-14/h2-8,12-13,18H,9-11,24H2,1H3. The second kappa shape index (κ2) is 7.02. The van der Waals surface area contributed by atoms with Gasteiger partial charge in [-0.25, -0.2) is 0 Å². The minimum absolute atomic E-state index is 0.0813. The maximum atomic E-state index is 13.0. The third-order valence-electron chi connectivity index (χ3n) is 4.68. The summed E-state index contributed by atoms with van der Waals surface area (Å²) in [6.45, 7) is 1.79. The third kappa shape index (κ3) is 4.18. The number of nitrogens with zero attached hydrogens (tertiary/aromatic N) is 1. The lowest BCUT2D eigenvalue weighted by Gasteiger charge is -2.30. The highest BCUT2D eigenvalue weighted by Crippen LogP contribution is 2.37. The minimum atomic E-state index is -4.39. The van der Waals surface area contributed by atoms with E-state index in [2.05, 4.69) is 0 Å². The molecule has 1 atom stereocenters. The van der Waals surface area contributed by atoms with Gasteiger partial charge in [-0.05, 0) is 55.2 Å². The summed E-state index contributed by atoms with van der Waals surface area (Å²) < 4.78 is 39.0. The predicted octanol–water partition coefficient (Wildman–Crippen LogP) is 4.58. The van der Waals surface area contributed by atoms with Gasteiger partial charge >= 0.3 is 6.18 Å². The third-order valence-corrected chi connectivity index (χ3v) is 4.68. The molecule has 1 aliphatic carbocycles. The number of nitrogens with two attached hydrogens (primary N) is 1. The fourth-order valence-electron chi connectivity index (χ4n) is 3.13. The Balaban J connectivity index is 1.81. The molecule has 26 heavy (non-hydrogen) atoms. The van der Waals surface area contributed by atoms with Gasteiger partial charge in [-0.3, -0.25) is 4.79 Å². The molecule has 3 nitrogen and oxygen atoms in total. The molecule has 1 unspecified atom stereocenters. The van der Waals surface area contributed by atoms with Crippen molar-refractivity contribution >= 4 is 11.6 Å². The van der Waals surface area contributed by atoms with Crippen LogP contribution in [-0.2, 0) is 17.4 Å². The fourth-order valence-corrected chi connectivity index (χ4v) is 3.13. The first kappa shape index (κ1) is 18.3. The van der Waals surface area contributed by atoms with Gasteiger partial charge in [-0.2, -0.15) is 13.2 Å². The molecule has 0 heterocycles. The number of halogens is 3. The number of anilines is 1. The Morgan fingerprint density at radius 3 is 2.42 bits per heavy atom. The molecule has 6 heteroatoms. The van der Waals surface area contributed by atoms with Crippen LogP contribution in [0.4, 0.5) is 18.9 Å². The molecular formula is C20H21F3N2O. The Hall–Kier alpha value is -2.50. The molecule has 0 aliphatic heterocycles. The van der Waals surface area contributed by atoms with E-state index in [1.807, 2.05) is 0 Å². The van der Waals surface area contributed by atoms with Crippen molar-refractivity contribution in [3.63, 3.8) is 0 Å². The predicted molar refractivity (Wildman–Crippen MR) is 94.3 cm³/mol. The van der Waals surface area contributed by atoms with E-state index in [9.17, 15) is 18.0 Å². The molecule has 1 fully saturated rings. The van der Waals surface area contributed by atoms with Gasteiger partial charge in [0.2, 0.25) is 5.91 Å². The fraction of sp³-hybridized carbons (Fsp3) is 0.350. The minimum Gasteiger partial charge on any atom is -0.399 e. The average Bonchev–Trinajstić information content (AvgIpc) is 3.41. The van der Waals surface area contributed by atoms with E-state index in [-0.39, 0.29) is 18.4 Å². The number of amides is 1. The number of rotatable bonds is 5. The summed E-state index contributed by atoms with van der Waals surface area (Å²) >= 11 is 0. The zero-order valence-electron chi connectivity index (χ0n) is 14.5. The van der Waals surface area contributed by atoms with Crippen LogP contribution >= 0.6 is 0 Å². The lowest BCUT2D eigenvalue weighted by molar-refractivity contribution is -0.137. The highest BCUT2D eigenvalue weighted by molar-refractivity contribution is 5.80. The van der Waals surface area contributed by atoms with E-state index in [1.54, 1.807) is 42.2 Å². The first-order chi connectivity index (χ1) is 12.3. The van der Waals surface area contributed by atoms with E-state index >= 15 is 0 Å². The SMILES string of the molecule is CC(c1cccc(C(F)(F)F)c1)N(C(=O)Cc1ccc(N)cc1)C1CC1. The largest absolute Gasteiger partial charge is 0.416 e. The van der Waals surface area contributed by atoms with Gasteiger partial charge in [-0.1, -0.05) is 24.3 Å². The first-order valence-corrected chi connectivity index (χ1v) is 8.58. The van der Waals surface area contributed by atoms with Crippen LogP contribution in [0.25, 0.3) is 0 Å². The molecule has 1 saturated carbocycles. The number of nitrogen functional groups attached to an aromatic ring is 1. The van der Waals surface area contributed by atoms with Gasteiger partial charge in [0.15, 0.2) is 0 Å². The van der Waals surface area contributed by atoms with Gasteiger partial charge in [-0.15, -0.1) is 0 Å². The van der Waals surface area contributed by atoms with Crippen LogP contribution in [0.15, 0.2) is 48.5 Å². The quantitative estimate of drug-likeness (QED) is 0.791. The summed E-state index contributed by atoms with van der Waals surface area (Å²) in [7, 11) is 0. The second-order valence-electron chi connectivity index (χ2n) is 6.75. The van der Waals surface area contributed by atoms with Crippen LogP contribution in [0.3, 0.4) is 0 Å². The molecule has 1 aliphatic rings. The monoisotopic (exact) mass is 362 g/mol. The van der Waals surface area contributed by atoms with E-state index in [1.165, 1.54) is 6.07 Å². The van der Waals surface area contributed by atoms with Crippen LogP contribution in [0.1, 0.15) is 42.5 Å². The molecular weight excluding hydrogens is 341 g/mol. The van der Waals surface area contributed by atoms with Crippen molar-refractivity contribution < 1.29 is 18.0 Å². The topological polar surface area (TPSA) is 46.3 Å². The normalized spacial score (nSPS) is 15.5. The molecule has 1 amide bonds. The van der Waals surface area contributed by atoms with Gasteiger partial charge in [0.05, 0.1) is 18.0 Å². The molecule has 0 bridgehead atoms. The number of hydrogen-bond donors (Lipinski definition) is 1. The Kier molecular flexibility index (Phi) is 4.94. The van der Waals surface area contributed by atoms with Crippen LogP contribution in [0.2, 0.25) is 0 Å². The van der Waals surface area contributed by atoms with Crippen molar-refractivity contribution in [1.82, 2.24) is 4.90 Å². The van der Waals surface area contributed by atoms with Crippen molar-refractivity contribution in [3.8, 4) is 0 Å². The van der Waals surface area contributed by atoms with Crippen LogP contribution in [0.5, 0.6) is 0 Å². The number of benzene rings is 2. The highest BCUT2D eigenvalue weighted by atomic mass is 19.4. The van der Waals surface area contributed by atoms with Crippen LogP contribution in [0, 0.1) is 0 Å². The smallest absolute Gasteiger partial charge is 0.399 e. The van der Waals surface area contributed by atoms with Crippen molar-refractivity contribution in [2.24, 2.45) is 0 Å². The highest BCUT2D eigenvalue weighted by Gasteiger charge is 2.37. The molecule has 3 rings (SSSR count). The van der Waals surface area contributed by atoms with Crippen molar-refractivity contribution in [3.05, 3.63) is 65.2 Å². The zero-order chi connectivity index (χ0) is 18.9. The van der Waals surface area contributed by atoms with E-state index < -0.39 is 17.8 Å². The summed E-state index contributed by atoms with van der Waals surface area (Å²) in [6, 6.07) is 12.0. The summed E-state index contributed by atoms with van der Waals surface area (Å²) in [5.74, 6) is -0.0813. The Morgan fingerprint density at radius 1 is 1.19 bits per heavy atom. The lowest BCUT2D eigenvalue weighted by Crippen LogP contribution is -2.36. The molecule has 0 aromatic heterocycles. The van der Waals surface area contributed by atoms with Gasteiger partial charge in [0.25, 0.3) is 0 Å². The maximum absolute atomic E-state index is 13.0. The van der Waals surface area contributed by atoms with E-state index in [0.29, 0.717) is 11.3 Å². The van der Waals surface area contributed by atoms with Crippen molar-refractivity contribution in [2.75, 3.05) is 5.73 Å². The Labute approximate surface area is 150 Å². The summed E-state index contributed by atoms with van der Waals surface area (Å²) in [4.78, 5) is 14.6. The molecule has 2 aromatic carbocycles. The Morgan fingerprint density at radius 2 is 1.85 bits per heavy atom. The number of carbonyl (C=O) groups is 1. The molecule has 0 spiro atoms. The number of alkyl halides is 3. The van der Waals surface area contributed by atoms with Crippen LogP contribution < -0.4 is 5.73 Å². The second-order valence-corrected chi connectivity index (χ2v) is 6.75. The molecule has 138 valence electrons. The van der Waals surface area contributed by atoms with Gasteiger partial charge < -0.3 is 10.6 Å². The van der Waals surface area contributed by atoms with Gasteiger partial charge in [0.1, 0.15) is 0 Å². The summed E-state index contributed by atoms with van der Waals surface area (Å²) in [5, 5.41) is 0. The van der Waals surface area contributed by atoms with Crippen molar-refractivity contribution in [2.45, 2.75) is 44.4 Å². The molecule has 2 N–H and O–H groups in total. The molecule has 0 saturated heterocycles. The van der Waals surface area contributed by atoms with E-state index in [0.717, 1.165) is 30.5 Å². The van der Waals surface area contributed by atoms with Crippen molar-refractivity contribution in [1.29, 1.82) is 0 Å².